The van der Waals surface area contributed by atoms with Crippen molar-refractivity contribution >= 4 is 5.97 Å². The summed E-state index contributed by atoms with van der Waals surface area (Å²) in [6.45, 7) is -0.384. The molecule has 3 N–H and O–H groups in total. The van der Waals surface area contributed by atoms with Gasteiger partial charge in [-0.1, -0.05) is 0 Å². The molecule has 1 aromatic rings. The van der Waals surface area contributed by atoms with E-state index < -0.39 is 35.7 Å². The third kappa shape index (κ3) is 3.20. The van der Waals surface area contributed by atoms with Gasteiger partial charge >= 0.3 is 11.7 Å². The van der Waals surface area contributed by atoms with Gasteiger partial charge in [0.05, 0.1) is 26.2 Å². The van der Waals surface area contributed by atoms with Crippen LogP contribution in [-0.4, -0.2) is 51.7 Å². The molecule has 1 saturated heterocycles. The first kappa shape index (κ1) is 15.4. The van der Waals surface area contributed by atoms with E-state index in [0.29, 0.717) is 0 Å². The molecule has 1 aliphatic heterocycles. The van der Waals surface area contributed by atoms with Crippen molar-refractivity contribution in [3.8, 4) is 0 Å². The van der Waals surface area contributed by atoms with Crippen LogP contribution in [0.3, 0.4) is 0 Å². The van der Waals surface area contributed by atoms with Gasteiger partial charge in [0, 0.05) is 18.2 Å². The second-order valence-corrected chi connectivity index (χ2v) is 4.69. The Bertz CT molecular complexity index is 635. The molecule has 0 aromatic carbocycles. The number of carbonyl (C=O) groups excluding carboxylic acids is 1. The fourth-order valence-electron chi connectivity index (χ4n) is 2.14. The molecular formula is C12H16N2O7. The molecule has 2 rings (SSSR count). The van der Waals surface area contributed by atoms with Crippen LogP contribution >= 0.6 is 0 Å². The summed E-state index contributed by atoms with van der Waals surface area (Å²) in [7, 11) is 1.19. The number of H-pyrrole nitrogens is 1. The zero-order valence-corrected chi connectivity index (χ0v) is 11.3. The van der Waals surface area contributed by atoms with Gasteiger partial charge in [0.1, 0.15) is 12.3 Å². The highest BCUT2D eigenvalue weighted by Crippen LogP contribution is 2.27. The Morgan fingerprint density at radius 3 is 2.86 bits per heavy atom. The number of aromatic nitrogens is 2. The minimum absolute atomic E-state index is 0.0481. The van der Waals surface area contributed by atoms with Gasteiger partial charge in [-0.15, -0.1) is 0 Å². The number of aliphatic hydroxyl groups excluding tert-OH is 2. The van der Waals surface area contributed by atoms with E-state index in [1.165, 1.54) is 13.3 Å². The fourth-order valence-corrected chi connectivity index (χ4v) is 2.14. The average Bonchev–Trinajstić information content (AvgIpc) is 2.82. The van der Waals surface area contributed by atoms with Crippen LogP contribution in [0.15, 0.2) is 15.8 Å². The van der Waals surface area contributed by atoms with Gasteiger partial charge < -0.3 is 19.7 Å². The van der Waals surface area contributed by atoms with Crippen LogP contribution in [0.25, 0.3) is 0 Å². The number of methoxy groups -OCH3 is 1. The predicted octanol–water partition coefficient (Wildman–Crippen LogP) is -2.11. The molecule has 0 saturated carbocycles. The Morgan fingerprint density at radius 2 is 2.29 bits per heavy atom. The van der Waals surface area contributed by atoms with Gasteiger partial charge in [0.15, 0.2) is 0 Å². The Labute approximate surface area is 118 Å². The minimum Gasteiger partial charge on any atom is -0.469 e. The summed E-state index contributed by atoms with van der Waals surface area (Å²) in [6.07, 6.45) is -1.52. The molecule has 0 radical (unpaired) electrons. The number of aromatic amines is 1. The largest absolute Gasteiger partial charge is 0.469 e. The van der Waals surface area contributed by atoms with E-state index in [9.17, 15) is 19.5 Å². The van der Waals surface area contributed by atoms with Crippen LogP contribution in [0.1, 0.15) is 18.2 Å². The standard InChI is InChI=1S/C12H16N2O7/c1-20-10(17)2-6-4-14(12(19)13-11(6)18)9-3-7(16)8(5-15)21-9/h4,7-9,15-16H,2-3,5H2,1H3,(H,13,18,19)/t7?,8-,9-/m0/s1. The second-order valence-electron chi connectivity index (χ2n) is 4.69. The number of rotatable bonds is 4. The molecule has 9 nitrogen and oxygen atoms in total. The van der Waals surface area contributed by atoms with Gasteiger partial charge in [-0.3, -0.25) is 19.1 Å². The highest BCUT2D eigenvalue weighted by Gasteiger charge is 2.35. The molecular weight excluding hydrogens is 284 g/mol. The molecule has 0 amide bonds. The third-order valence-corrected chi connectivity index (χ3v) is 3.30. The molecule has 0 spiro atoms. The normalized spacial score (nSPS) is 25.0. The summed E-state index contributed by atoms with van der Waals surface area (Å²) >= 11 is 0. The monoisotopic (exact) mass is 300 g/mol. The lowest BCUT2D eigenvalue weighted by molar-refractivity contribution is -0.139. The van der Waals surface area contributed by atoms with Crippen LogP contribution in [0.4, 0.5) is 0 Å². The first-order chi connectivity index (χ1) is 9.96. The van der Waals surface area contributed by atoms with Crippen molar-refractivity contribution in [3.05, 3.63) is 32.6 Å². The van der Waals surface area contributed by atoms with Crippen LogP contribution in [-0.2, 0) is 20.7 Å². The van der Waals surface area contributed by atoms with Crippen molar-refractivity contribution in [2.24, 2.45) is 0 Å². The van der Waals surface area contributed by atoms with E-state index in [-0.39, 0.29) is 25.0 Å². The quantitative estimate of drug-likeness (QED) is 0.542. The number of hydrogen-bond donors (Lipinski definition) is 3. The molecule has 3 atom stereocenters. The average molecular weight is 300 g/mol. The minimum atomic E-state index is -0.914. The number of hydrogen-bond acceptors (Lipinski definition) is 7. The zero-order valence-electron chi connectivity index (χ0n) is 11.3. The number of esters is 1. The van der Waals surface area contributed by atoms with Gasteiger partial charge in [-0.25, -0.2) is 4.79 Å². The molecule has 1 aromatic heterocycles. The molecule has 9 heteroatoms. The number of nitrogens with zero attached hydrogens (tertiary/aromatic N) is 1. The molecule has 0 aliphatic carbocycles. The lowest BCUT2D eigenvalue weighted by Gasteiger charge is -2.15. The molecule has 1 unspecified atom stereocenters. The van der Waals surface area contributed by atoms with Crippen LogP contribution in [0.5, 0.6) is 0 Å². The van der Waals surface area contributed by atoms with Crippen molar-refractivity contribution in [2.75, 3.05) is 13.7 Å². The van der Waals surface area contributed by atoms with E-state index in [2.05, 4.69) is 9.72 Å². The summed E-state index contributed by atoms with van der Waals surface area (Å²) in [5, 5.41) is 18.7. The number of carbonyl (C=O) groups is 1. The smallest absolute Gasteiger partial charge is 0.330 e. The maximum atomic E-state index is 11.8. The molecule has 1 fully saturated rings. The van der Waals surface area contributed by atoms with Gasteiger partial charge in [-0.2, -0.15) is 0 Å². The van der Waals surface area contributed by atoms with Crippen molar-refractivity contribution in [3.63, 3.8) is 0 Å². The lowest BCUT2D eigenvalue weighted by Crippen LogP contribution is -2.35. The van der Waals surface area contributed by atoms with E-state index in [4.69, 9.17) is 9.84 Å². The zero-order chi connectivity index (χ0) is 15.6. The first-order valence-corrected chi connectivity index (χ1v) is 6.31. The highest BCUT2D eigenvalue weighted by molar-refractivity contribution is 5.72. The van der Waals surface area contributed by atoms with Gasteiger partial charge in [-0.05, 0) is 0 Å². The van der Waals surface area contributed by atoms with Crippen molar-refractivity contribution in [1.29, 1.82) is 0 Å². The molecule has 21 heavy (non-hydrogen) atoms. The Balaban J connectivity index is 2.32. The van der Waals surface area contributed by atoms with Crippen molar-refractivity contribution in [1.82, 2.24) is 9.55 Å². The van der Waals surface area contributed by atoms with Crippen LogP contribution < -0.4 is 11.2 Å². The van der Waals surface area contributed by atoms with Crippen molar-refractivity contribution in [2.45, 2.75) is 31.3 Å². The number of ether oxygens (including phenoxy) is 2. The van der Waals surface area contributed by atoms with Gasteiger partial charge in [0.25, 0.3) is 5.56 Å². The predicted molar refractivity (Wildman–Crippen MR) is 68.7 cm³/mol. The SMILES string of the molecule is COC(=O)Cc1cn([C@@H]2CC(O)[C@H](CO)O2)c(=O)[nH]c1=O. The Hall–Kier alpha value is -1.97. The topological polar surface area (TPSA) is 131 Å². The van der Waals surface area contributed by atoms with Crippen LogP contribution in [0, 0.1) is 0 Å². The third-order valence-electron chi connectivity index (χ3n) is 3.30. The van der Waals surface area contributed by atoms with Crippen molar-refractivity contribution < 1.29 is 24.5 Å². The molecule has 0 bridgehead atoms. The summed E-state index contributed by atoms with van der Waals surface area (Å²) in [6, 6.07) is 0. The maximum Gasteiger partial charge on any atom is 0.330 e. The summed E-state index contributed by atoms with van der Waals surface area (Å²) < 4.78 is 10.9. The summed E-state index contributed by atoms with van der Waals surface area (Å²) in [4.78, 5) is 36.8. The number of nitrogens with one attached hydrogen (secondary N) is 1. The first-order valence-electron chi connectivity index (χ1n) is 6.31. The van der Waals surface area contributed by atoms with E-state index in [1.54, 1.807) is 0 Å². The fraction of sp³-hybridized carbons (Fsp3) is 0.583. The van der Waals surface area contributed by atoms with Crippen LogP contribution in [0.2, 0.25) is 0 Å². The Kier molecular flexibility index (Phi) is 4.56. The summed E-state index contributed by atoms with van der Waals surface area (Å²) in [5.74, 6) is -0.619. The molecule has 2 heterocycles. The Morgan fingerprint density at radius 1 is 1.57 bits per heavy atom. The highest BCUT2D eigenvalue weighted by atomic mass is 16.5. The van der Waals surface area contributed by atoms with E-state index >= 15 is 0 Å². The second kappa shape index (κ2) is 6.20. The number of aliphatic hydroxyl groups is 2. The molecule has 1 aliphatic rings. The van der Waals surface area contributed by atoms with E-state index in [0.717, 1.165) is 4.57 Å². The van der Waals surface area contributed by atoms with E-state index in [1.807, 2.05) is 0 Å². The lowest BCUT2D eigenvalue weighted by atomic mass is 10.2. The summed E-state index contributed by atoms with van der Waals surface area (Å²) in [5.41, 5.74) is -1.35. The van der Waals surface area contributed by atoms with Gasteiger partial charge in [0.2, 0.25) is 0 Å². The maximum absolute atomic E-state index is 11.8. The molecule has 116 valence electrons.